The lowest BCUT2D eigenvalue weighted by Crippen LogP contribution is -2.41. The zero-order chi connectivity index (χ0) is 21.2. The van der Waals surface area contributed by atoms with Crippen LogP contribution >= 0.6 is 24.0 Å². The molecule has 0 amide bonds. The molecular formula is C20H38IN5O2S. The number of hydrogen-bond acceptors (Lipinski definition) is 4. The summed E-state index contributed by atoms with van der Waals surface area (Å²) in [6, 6.07) is 8.64. The molecule has 0 fully saturated rings. The van der Waals surface area contributed by atoms with Crippen LogP contribution in [0.25, 0.3) is 0 Å². The standard InChI is InChI=1S/C20H37N5O2S.HI/c1-16(2)25(17(3)4)12-8-11-23-20(21-5)24-14-18-9-7-10-19(13-18)15-28(26,27)22-6;/h7,9-10,13,16-17,22H,8,11-12,14-15H2,1-6H3,(H2,21,23,24);1H. The van der Waals surface area contributed by atoms with Crippen molar-refractivity contribution in [3.05, 3.63) is 35.4 Å². The maximum atomic E-state index is 11.7. The fourth-order valence-corrected chi connectivity index (χ4v) is 3.87. The third kappa shape index (κ3) is 11.2. The third-order valence-corrected chi connectivity index (χ3v) is 5.89. The molecule has 0 radical (unpaired) electrons. The molecule has 0 unspecified atom stereocenters. The summed E-state index contributed by atoms with van der Waals surface area (Å²) in [5.74, 6) is 0.723. The van der Waals surface area contributed by atoms with E-state index in [9.17, 15) is 8.42 Å². The fourth-order valence-electron chi connectivity index (χ4n) is 3.11. The molecule has 0 aliphatic heterocycles. The van der Waals surface area contributed by atoms with E-state index in [4.69, 9.17) is 0 Å². The second kappa shape index (κ2) is 14.2. The molecule has 3 N–H and O–H groups in total. The molecule has 0 heterocycles. The smallest absolute Gasteiger partial charge is 0.215 e. The van der Waals surface area contributed by atoms with E-state index in [-0.39, 0.29) is 29.7 Å². The zero-order valence-corrected chi connectivity index (χ0v) is 21.7. The van der Waals surface area contributed by atoms with E-state index in [1.54, 1.807) is 7.05 Å². The Morgan fingerprint density at radius 3 is 2.28 bits per heavy atom. The van der Waals surface area contributed by atoms with Crippen LogP contribution in [0.1, 0.15) is 45.2 Å². The van der Waals surface area contributed by atoms with Crippen LogP contribution in [0.5, 0.6) is 0 Å². The second-order valence-corrected chi connectivity index (χ2v) is 9.34. The lowest BCUT2D eigenvalue weighted by Gasteiger charge is -2.30. The number of nitrogens with one attached hydrogen (secondary N) is 3. The maximum absolute atomic E-state index is 11.7. The van der Waals surface area contributed by atoms with Gasteiger partial charge in [0.05, 0.1) is 5.75 Å². The minimum absolute atomic E-state index is 0. The number of nitrogens with zero attached hydrogens (tertiary/aromatic N) is 2. The average molecular weight is 540 g/mol. The SMILES string of the molecule is CN=C(NCCCN(C(C)C)C(C)C)NCc1cccc(CS(=O)(=O)NC)c1.I. The highest BCUT2D eigenvalue weighted by Crippen LogP contribution is 2.09. The normalized spacial score (nSPS) is 12.4. The minimum atomic E-state index is -3.27. The van der Waals surface area contributed by atoms with Crippen LogP contribution in [-0.4, -0.2) is 58.5 Å². The molecule has 168 valence electrons. The molecule has 0 bridgehead atoms. The number of sulfonamides is 1. The van der Waals surface area contributed by atoms with E-state index < -0.39 is 10.0 Å². The molecule has 0 atom stereocenters. The highest BCUT2D eigenvalue weighted by molar-refractivity contribution is 14.0. The Morgan fingerprint density at radius 2 is 1.72 bits per heavy atom. The zero-order valence-electron chi connectivity index (χ0n) is 18.5. The topological polar surface area (TPSA) is 85.8 Å². The van der Waals surface area contributed by atoms with Gasteiger partial charge in [0.1, 0.15) is 0 Å². The van der Waals surface area contributed by atoms with Crippen molar-refractivity contribution in [1.82, 2.24) is 20.3 Å². The van der Waals surface area contributed by atoms with Crippen LogP contribution < -0.4 is 15.4 Å². The first-order valence-corrected chi connectivity index (χ1v) is 11.5. The van der Waals surface area contributed by atoms with Gasteiger partial charge in [0.25, 0.3) is 0 Å². The second-order valence-electron chi connectivity index (χ2n) is 7.41. The molecule has 0 aliphatic carbocycles. The van der Waals surface area contributed by atoms with Crippen LogP contribution in [-0.2, 0) is 22.3 Å². The molecule has 0 spiro atoms. The fraction of sp³-hybridized carbons (Fsp3) is 0.650. The van der Waals surface area contributed by atoms with Gasteiger partial charge in [-0.2, -0.15) is 0 Å². The summed E-state index contributed by atoms with van der Waals surface area (Å²) in [5.41, 5.74) is 1.77. The van der Waals surface area contributed by atoms with Gasteiger partial charge in [0, 0.05) is 38.8 Å². The molecule has 1 aromatic rings. The van der Waals surface area contributed by atoms with Crippen molar-refractivity contribution in [2.24, 2.45) is 4.99 Å². The lowest BCUT2D eigenvalue weighted by molar-refractivity contribution is 0.173. The van der Waals surface area contributed by atoms with Crippen LogP contribution in [0.15, 0.2) is 29.3 Å². The number of rotatable bonds is 11. The quantitative estimate of drug-likeness (QED) is 0.174. The molecule has 1 aromatic carbocycles. The van der Waals surface area contributed by atoms with E-state index >= 15 is 0 Å². The molecule has 0 aliphatic rings. The Morgan fingerprint density at radius 1 is 1.10 bits per heavy atom. The van der Waals surface area contributed by atoms with Gasteiger partial charge in [-0.15, -0.1) is 24.0 Å². The number of aliphatic imine (C=N–C) groups is 1. The first-order chi connectivity index (χ1) is 13.2. The molecule has 7 nitrogen and oxygen atoms in total. The van der Waals surface area contributed by atoms with Crippen LogP contribution in [0.3, 0.4) is 0 Å². The van der Waals surface area contributed by atoms with Gasteiger partial charge in [0.15, 0.2) is 5.96 Å². The first kappa shape index (κ1) is 28.1. The molecule has 0 saturated heterocycles. The highest BCUT2D eigenvalue weighted by atomic mass is 127. The summed E-state index contributed by atoms with van der Waals surface area (Å²) in [6.45, 7) is 11.4. The van der Waals surface area contributed by atoms with Gasteiger partial charge < -0.3 is 10.6 Å². The van der Waals surface area contributed by atoms with Crippen molar-refractivity contribution in [3.63, 3.8) is 0 Å². The van der Waals surface area contributed by atoms with Crippen LogP contribution in [0.2, 0.25) is 0 Å². The predicted molar refractivity (Wildman–Crippen MR) is 133 cm³/mol. The van der Waals surface area contributed by atoms with Crippen molar-refractivity contribution in [2.75, 3.05) is 27.2 Å². The molecule has 29 heavy (non-hydrogen) atoms. The van der Waals surface area contributed by atoms with Crippen LogP contribution in [0, 0.1) is 0 Å². The molecule has 1 rings (SSSR count). The van der Waals surface area contributed by atoms with E-state index in [2.05, 4.69) is 52.9 Å². The van der Waals surface area contributed by atoms with Gasteiger partial charge in [-0.1, -0.05) is 24.3 Å². The van der Waals surface area contributed by atoms with Gasteiger partial charge in [-0.25, -0.2) is 13.1 Å². The highest BCUT2D eigenvalue weighted by Gasteiger charge is 2.12. The van der Waals surface area contributed by atoms with E-state index in [1.807, 2.05) is 24.3 Å². The van der Waals surface area contributed by atoms with Gasteiger partial charge in [-0.3, -0.25) is 9.89 Å². The van der Waals surface area contributed by atoms with Gasteiger partial charge >= 0.3 is 0 Å². The molecule has 0 aromatic heterocycles. The van der Waals surface area contributed by atoms with E-state index in [0.29, 0.717) is 18.6 Å². The van der Waals surface area contributed by atoms with Crippen molar-refractivity contribution >= 4 is 40.0 Å². The molecule has 0 saturated carbocycles. The summed E-state index contributed by atoms with van der Waals surface area (Å²) in [7, 11) is -0.0919. The lowest BCUT2D eigenvalue weighted by atomic mass is 10.1. The summed E-state index contributed by atoms with van der Waals surface area (Å²) in [5, 5.41) is 6.62. The Labute approximate surface area is 194 Å². The maximum Gasteiger partial charge on any atom is 0.215 e. The minimum Gasteiger partial charge on any atom is -0.356 e. The van der Waals surface area contributed by atoms with E-state index in [1.165, 1.54) is 7.05 Å². The number of benzene rings is 1. The van der Waals surface area contributed by atoms with Crippen molar-refractivity contribution < 1.29 is 8.42 Å². The predicted octanol–water partition coefficient (Wildman–Crippen LogP) is 2.53. The van der Waals surface area contributed by atoms with E-state index in [0.717, 1.165) is 36.6 Å². The molecule has 9 heteroatoms. The Balaban J connectivity index is 0.00000784. The van der Waals surface area contributed by atoms with Gasteiger partial charge in [0.2, 0.25) is 10.0 Å². The Hall–Kier alpha value is -0.910. The largest absolute Gasteiger partial charge is 0.356 e. The summed E-state index contributed by atoms with van der Waals surface area (Å²) in [6.07, 6.45) is 1.04. The number of hydrogen-bond donors (Lipinski definition) is 3. The number of guanidine groups is 1. The summed E-state index contributed by atoms with van der Waals surface area (Å²) in [4.78, 5) is 6.73. The summed E-state index contributed by atoms with van der Waals surface area (Å²) < 4.78 is 25.8. The van der Waals surface area contributed by atoms with Crippen molar-refractivity contribution in [3.8, 4) is 0 Å². The van der Waals surface area contributed by atoms with Crippen molar-refractivity contribution in [2.45, 2.75) is 58.5 Å². The monoisotopic (exact) mass is 539 g/mol. The average Bonchev–Trinajstić information content (AvgIpc) is 2.63. The van der Waals surface area contributed by atoms with Crippen molar-refractivity contribution in [1.29, 1.82) is 0 Å². The third-order valence-electron chi connectivity index (χ3n) is 4.55. The first-order valence-electron chi connectivity index (χ1n) is 9.87. The Bertz CT molecular complexity index is 715. The van der Waals surface area contributed by atoms with Crippen LogP contribution in [0.4, 0.5) is 0 Å². The molecular weight excluding hydrogens is 501 g/mol. The number of halogens is 1. The Kier molecular flexibility index (Phi) is 13.7. The van der Waals surface area contributed by atoms with Gasteiger partial charge in [-0.05, 0) is 52.3 Å². The summed E-state index contributed by atoms with van der Waals surface area (Å²) >= 11 is 0.